The number of halogens is 2. The van der Waals surface area contributed by atoms with E-state index in [4.69, 9.17) is 0 Å². The molecule has 0 fully saturated rings. The number of carbonyl (C=O) groups is 2. The van der Waals surface area contributed by atoms with Crippen LogP contribution in [0.15, 0.2) is 41.6 Å². The molecule has 2 N–H and O–H groups in total. The van der Waals surface area contributed by atoms with Crippen LogP contribution in [0.2, 0.25) is 0 Å². The fraction of sp³-hybridized carbons (Fsp3) is 0.238. The zero-order valence-corrected chi connectivity index (χ0v) is 18.0. The Morgan fingerprint density at radius 1 is 1.00 bits per heavy atom. The largest absolute Gasteiger partial charge is 0.325 e. The second-order valence-electron chi connectivity index (χ2n) is 6.96. The molecule has 3 rings (SSSR count). The van der Waals surface area contributed by atoms with E-state index in [1.807, 2.05) is 32.0 Å². The molecule has 0 aliphatic heterocycles. The van der Waals surface area contributed by atoms with Crippen molar-refractivity contribution in [1.82, 2.24) is 14.8 Å². The van der Waals surface area contributed by atoms with Crippen molar-refractivity contribution in [1.29, 1.82) is 0 Å². The number of aromatic nitrogens is 3. The average molecular weight is 445 g/mol. The van der Waals surface area contributed by atoms with Crippen molar-refractivity contribution in [2.75, 3.05) is 16.4 Å². The lowest BCUT2D eigenvalue weighted by atomic mass is 10.1. The molecule has 31 heavy (non-hydrogen) atoms. The molecule has 1 heterocycles. The summed E-state index contributed by atoms with van der Waals surface area (Å²) in [6, 6.07) is 8.62. The summed E-state index contributed by atoms with van der Waals surface area (Å²) in [7, 11) is 1.69. The summed E-state index contributed by atoms with van der Waals surface area (Å²) in [6.45, 7) is 3.85. The molecule has 0 saturated heterocycles. The first-order chi connectivity index (χ1) is 14.7. The van der Waals surface area contributed by atoms with Crippen molar-refractivity contribution < 1.29 is 18.4 Å². The number of hydrogen-bond acceptors (Lipinski definition) is 5. The Balaban J connectivity index is 1.57. The minimum absolute atomic E-state index is 0.0120. The van der Waals surface area contributed by atoms with Gasteiger partial charge in [0.15, 0.2) is 5.16 Å². The Kier molecular flexibility index (Phi) is 7.01. The minimum Gasteiger partial charge on any atom is -0.325 e. The van der Waals surface area contributed by atoms with Crippen LogP contribution in [0.4, 0.5) is 20.2 Å². The van der Waals surface area contributed by atoms with E-state index in [1.165, 1.54) is 0 Å². The van der Waals surface area contributed by atoms with Crippen LogP contribution in [0.1, 0.15) is 17.0 Å². The molecule has 0 aliphatic carbocycles. The van der Waals surface area contributed by atoms with E-state index in [9.17, 15) is 18.4 Å². The third kappa shape index (κ3) is 5.88. The van der Waals surface area contributed by atoms with Crippen LogP contribution < -0.4 is 10.6 Å². The zero-order chi connectivity index (χ0) is 22.5. The molecule has 0 saturated carbocycles. The van der Waals surface area contributed by atoms with E-state index in [0.717, 1.165) is 46.8 Å². The highest BCUT2D eigenvalue weighted by Crippen LogP contribution is 2.20. The molecule has 3 aromatic rings. The first-order valence-electron chi connectivity index (χ1n) is 9.36. The Hall–Kier alpha value is -3.27. The van der Waals surface area contributed by atoms with Gasteiger partial charge in [0.1, 0.15) is 17.5 Å². The van der Waals surface area contributed by atoms with Crippen molar-refractivity contribution in [3.8, 4) is 0 Å². The van der Waals surface area contributed by atoms with Gasteiger partial charge < -0.3 is 15.2 Å². The second kappa shape index (κ2) is 9.69. The van der Waals surface area contributed by atoms with E-state index in [0.29, 0.717) is 11.0 Å². The lowest BCUT2D eigenvalue weighted by Gasteiger charge is -2.09. The fourth-order valence-electron chi connectivity index (χ4n) is 2.74. The molecule has 0 aliphatic rings. The molecule has 7 nitrogen and oxygen atoms in total. The maximum atomic E-state index is 13.6. The van der Waals surface area contributed by atoms with Crippen molar-refractivity contribution in [3.05, 3.63) is 65.0 Å². The number of aryl methyl sites for hydroxylation is 2. The number of carbonyl (C=O) groups excluding carboxylic acids is 2. The SMILES string of the molecule is Cc1ccc(C)c(NC(=O)Cc2nnc(SCC(=O)Nc3cc(F)ccc3F)n2C)c1. The summed E-state index contributed by atoms with van der Waals surface area (Å²) in [5, 5.41) is 13.6. The van der Waals surface area contributed by atoms with Gasteiger partial charge in [0.05, 0.1) is 17.9 Å². The smallest absolute Gasteiger partial charge is 0.234 e. The number of amides is 2. The summed E-state index contributed by atoms with van der Waals surface area (Å²) in [5.41, 5.74) is 2.50. The maximum Gasteiger partial charge on any atom is 0.234 e. The normalized spacial score (nSPS) is 10.7. The molecular weight excluding hydrogens is 424 g/mol. The zero-order valence-electron chi connectivity index (χ0n) is 17.2. The highest BCUT2D eigenvalue weighted by atomic mass is 32.2. The van der Waals surface area contributed by atoms with Crippen LogP contribution in [-0.2, 0) is 23.1 Å². The number of nitrogens with zero attached hydrogens (tertiary/aromatic N) is 3. The number of nitrogens with one attached hydrogen (secondary N) is 2. The maximum absolute atomic E-state index is 13.6. The van der Waals surface area contributed by atoms with Crippen molar-refractivity contribution in [3.63, 3.8) is 0 Å². The predicted octanol–water partition coefficient (Wildman–Crippen LogP) is 3.62. The van der Waals surface area contributed by atoms with Crippen molar-refractivity contribution >= 4 is 35.0 Å². The Morgan fingerprint density at radius 3 is 2.52 bits per heavy atom. The number of rotatable bonds is 7. The quantitative estimate of drug-likeness (QED) is 0.543. The van der Waals surface area contributed by atoms with Crippen molar-refractivity contribution in [2.45, 2.75) is 25.4 Å². The molecule has 2 aromatic carbocycles. The molecule has 0 atom stereocenters. The van der Waals surface area contributed by atoms with Crippen LogP contribution in [0.3, 0.4) is 0 Å². The summed E-state index contributed by atoms with van der Waals surface area (Å²) in [4.78, 5) is 24.5. The van der Waals surface area contributed by atoms with E-state index in [2.05, 4.69) is 20.8 Å². The predicted molar refractivity (Wildman–Crippen MR) is 115 cm³/mol. The summed E-state index contributed by atoms with van der Waals surface area (Å²) in [5.74, 6) is -1.79. The highest BCUT2D eigenvalue weighted by molar-refractivity contribution is 7.99. The molecule has 162 valence electrons. The molecule has 0 radical (unpaired) electrons. The van der Waals surface area contributed by atoms with Gasteiger partial charge in [-0.25, -0.2) is 8.78 Å². The van der Waals surface area contributed by atoms with Gasteiger partial charge in [0.2, 0.25) is 11.8 Å². The van der Waals surface area contributed by atoms with Gasteiger partial charge in [-0.3, -0.25) is 9.59 Å². The molecule has 0 bridgehead atoms. The van der Waals surface area contributed by atoms with Crippen LogP contribution in [0.5, 0.6) is 0 Å². The van der Waals surface area contributed by atoms with Crippen molar-refractivity contribution in [2.24, 2.45) is 7.05 Å². The lowest BCUT2D eigenvalue weighted by Crippen LogP contribution is -2.18. The monoisotopic (exact) mass is 445 g/mol. The third-order valence-corrected chi connectivity index (χ3v) is 5.47. The van der Waals surface area contributed by atoms with Crippen LogP contribution in [0, 0.1) is 25.5 Å². The van der Waals surface area contributed by atoms with Crippen LogP contribution in [0.25, 0.3) is 0 Å². The lowest BCUT2D eigenvalue weighted by molar-refractivity contribution is -0.116. The Morgan fingerprint density at radius 2 is 1.74 bits per heavy atom. The van der Waals surface area contributed by atoms with Gasteiger partial charge in [0.25, 0.3) is 0 Å². The number of thioether (sulfide) groups is 1. The van der Waals surface area contributed by atoms with Gasteiger partial charge in [0, 0.05) is 18.8 Å². The highest BCUT2D eigenvalue weighted by Gasteiger charge is 2.16. The van der Waals surface area contributed by atoms with E-state index >= 15 is 0 Å². The number of benzene rings is 2. The summed E-state index contributed by atoms with van der Waals surface area (Å²) in [6.07, 6.45) is 0.0120. The molecule has 2 amide bonds. The first-order valence-corrected chi connectivity index (χ1v) is 10.3. The molecule has 1 aromatic heterocycles. The molecule has 0 spiro atoms. The van der Waals surface area contributed by atoms with Crippen LogP contribution in [-0.4, -0.2) is 32.3 Å². The van der Waals surface area contributed by atoms with E-state index < -0.39 is 17.5 Å². The molecule has 10 heteroatoms. The molecular formula is C21H21F2N5O2S. The van der Waals surface area contributed by atoms with Gasteiger partial charge in [-0.15, -0.1) is 10.2 Å². The van der Waals surface area contributed by atoms with Gasteiger partial charge in [-0.2, -0.15) is 0 Å². The Labute approximate surface area is 182 Å². The van der Waals surface area contributed by atoms with E-state index in [1.54, 1.807) is 11.6 Å². The van der Waals surface area contributed by atoms with Gasteiger partial charge >= 0.3 is 0 Å². The average Bonchev–Trinajstić information content (AvgIpc) is 3.05. The topological polar surface area (TPSA) is 88.9 Å². The standard InChI is InChI=1S/C21H21F2N5O2S/c1-12-4-5-13(2)16(8-12)24-19(29)10-18-26-27-21(28(18)3)31-11-20(30)25-17-9-14(22)6-7-15(17)23/h4-9H,10-11H2,1-3H3,(H,24,29)(H,25,30). The summed E-state index contributed by atoms with van der Waals surface area (Å²) < 4.78 is 28.5. The number of hydrogen-bond donors (Lipinski definition) is 2. The first kappa shape index (κ1) is 22.4. The molecule has 0 unspecified atom stereocenters. The third-order valence-electron chi connectivity index (χ3n) is 4.45. The minimum atomic E-state index is -0.726. The summed E-state index contributed by atoms with van der Waals surface area (Å²) >= 11 is 1.07. The second-order valence-corrected chi connectivity index (χ2v) is 7.90. The number of anilines is 2. The van der Waals surface area contributed by atoms with Gasteiger partial charge in [-0.1, -0.05) is 23.9 Å². The van der Waals surface area contributed by atoms with Crippen LogP contribution >= 0.6 is 11.8 Å². The van der Waals surface area contributed by atoms with E-state index in [-0.39, 0.29) is 23.8 Å². The Bertz CT molecular complexity index is 1130. The fourth-order valence-corrected chi connectivity index (χ4v) is 3.47. The van der Waals surface area contributed by atoms with Gasteiger partial charge in [-0.05, 0) is 43.2 Å².